The van der Waals surface area contributed by atoms with Gasteiger partial charge in [0.15, 0.2) is 4.67 Å². The van der Waals surface area contributed by atoms with E-state index in [1.807, 2.05) is 0 Å². The number of benzene rings is 1. The Morgan fingerprint density at radius 3 is 2.40 bits per heavy atom. The smallest absolute Gasteiger partial charge is 0.419 e. The minimum atomic E-state index is -4.70. The standard InChI is InChI=1S/C13H10BrF4NO/c1-19-11(8-4-5-20-12(8)14)7-2-3-9(10(15)6-7)13(16,17)18/h2-6,11,19H,1H3. The molecule has 1 N–H and O–H groups in total. The molecule has 108 valence electrons. The number of nitrogens with one attached hydrogen (secondary N) is 1. The lowest BCUT2D eigenvalue weighted by molar-refractivity contribution is -0.140. The highest BCUT2D eigenvalue weighted by Gasteiger charge is 2.34. The molecule has 0 saturated heterocycles. The molecule has 0 aliphatic rings. The average molecular weight is 352 g/mol. The van der Waals surface area contributed by atoms with E-state index in [2.05, 4.69) is 21.2 Å². The highest BCUT2D eigenvalue weighted by atomic mass is 79.9. The van der Waals surface area contributed by atoms with Crippen LogP contribution in [0.1, 0.15) is 22.7 Å². The molecule has 0 bridgehead atoms. The molecule has 0 radical (unpaired) electrons. The molecule has 2 rings (SSSR count). The highest BCUT2D eigenvalue weighted by Crippen LogP contribution is 2.34. The molecule has 0 amide bonds. The Morgan fingerprint density at radius 2 is 1.95 bits per heavy atom. The third-order valence-corrected chi connectivity index (χ3v) is 3.52. The van der Waals surface area contributed by atoms with E-state index in [9.17, 15) is 17.6 Å². The van der Waals surface area contributed by atoms with Gasteiger partial charge in [0.2, 0.25) is 0 Å². The van der Waals surface area contributed by atoms with Gasteiger partial charge in [0, 0.05) is 5.56 Å². The van der Waals surface area contributed by atoms with E-state index in [-0.39, 0.29) is 0 Å². The second kappa shape index (κ2) is 5.57. The zero-order valence-corrected chi connectivity index (χ0v) is 11.8. The molecule has 1 aromatic carbocycles. The first-order chi connectivity index (χ1) is 9.34. The highest BCUT2D eigenvalue weighted by molar-refractivity contribution is 9.10. The summed E-state index contributed by atoms with van der Waals surface area (Å²) in [6, 6.07) is 4.04. The zero-order chi connectivity index (χ0) is 14.9. The maximum Gasteiger partial charge on any atom is 0.419 e. The lowest BCUT2D eigenvalue weighted by Gasteiger charge is -2.17. The van der Waals surface area contributed by atoms with E-state index in [0.717, 1.165) is 12.1 Å². The van der Waals surface area contributed by atoms with E-state index in [1.54, 1.807) is 13.1 Å². The van der Waals surface area contributed by atoms with Crippen LogP contribution in [0.5, 0.6) is 0 Å². The van der Waals surface area contributed by atoms with E-state index < -0.39 is 23.6 Å². The van der Waals surface area contributed by atoms with Crippen molar-refractivity contribution < 1.29 is 22.0 Å². The predicted molar refractivity (Wildman–Crippen MR) is 68.7 cm³/mol. The quantitative estimate of drug-likeness (QED) is 0.823. The van der Waals surface area contributed by atoms with Crippen LogP contribution in [0.2, 0.25) is 0 Å². The van der Waals surface area contributed by atoms with Crippen molar-refractivity contribution in [1.82, 2.24) is 5.32 Å². The van der Waals surface area contributed by atoms with Crippen molar-refractivity contribution in [1.29, 1.82) is 0 Å². The third kappa shape index (κ3) is 2.88. The van der Waals surface area contributed by atoms with Crippen LogP contribution in [-0.2, 0) is 6.18 Å². The Kier molecular flexibility index (Phi) is 4.19. The second-order valence-electron chi connectivity index (χ2n) is 4.11. The van der Waals surface area contributed by atoms with Crippen molar-refractivity contribution in [2.75, 3.05) is 7.05 Å². The molecule has 0 aliphatic heterocycles. The third-order valence-electron chi connectivity index (χ3n) is 2.88. The van der Waals surface area contributed by atoms with E-state index >= 15 is 0 Å². The van der Waals surface area contributed by atoms with Crippen molar-refractivity contribution in [3.05, 3.63) is 57.7 Å². The minimum absolute atomic E-state index is 0.375. The molecular weight excluding hydrogens is 342 g/mol. The number of alkyl halides is 3. The van der Waals surface area contributed by atoms with Gasteiger partial charge in [-0.2, -0.15) is 13.2 Å². The van der Waals surface area contributed by atoms with Gasteiger partial charge < -0.3 is 9.73 Å². The Labute approximate surface area is 120 Å². The van der Waals surface area contributed by atoms with Gasteiger partial charge in [-0.15, -0.1) is 0 Å². The SMILES string of the molecule is CNC(c1ccc(C(F)(F)F)c(F)c1)c1ccoc1Br. The fourth-order valence-corrected chi connectivity index (χ4v) is 2.42. The molecule has 0 aliphatic carbocycles. The van der Waals surface area contributed by atoms with Crippen LogP contribution in [0, 0.1) is 5.82 Å². The minimum Gasteiger partial charge on any atom is -0.457 e. The van der Waals surface area contributed by atoms with E-state index in [4.69, 9.17) is 4.42 Å². The van der Waals surface area contributed by atoms with Gasteiger partial charge >= 0.3 is 6.18 Å². The molecule has 0 spiro atoms. The fourth-order valence-electron chi connectivity index (χ4n) is 1.95. The van der Waals surface area contributed by atoms with Gasteiger partial charge in [-0.3, -0.25) is 0 Å². The van der Waals surface area contributed by atoms with Crippen LogP contribution in [-0.4, -0.2) is 7.05 Å². The summed E-state index contributed by atoms with van der Waals surface area (Å²) in [6.07, 6.45) is -3.27. The van der Waals surface area contributed by atoms with Gasteiger partial charge in [0.05, 0.1) is 17.9 Å². The monoisotopic (exact) mass is 351 g/mol. The molecule has 7 heteroatoms. The van der Waals surface area contributed by atoms with Crippen molar-refractivity contribution in [2.24, 2.45) is 0 Å². The predicted octanol–water partition coefficient (Wildman–Crippen LogP) is 4.51. The summed E-state index contributed by atoms with van der Waals surface area (Å²) < 4.78 is 56.7. The van der Waals surface area contributed by atoms with Gasteiger partial charge in [0.25, 0.3) is 0 Å². The Hall–Kier alpha value is -1.34. The molecule has 20 heavy (non-hydrogen) atoms. The molecule has 1 heterocycles. The number of hydrogen-bond donors (Lipinski definition) is 1. The van der Waals surface area contributed by atoms with Crippen LogP contribution in [0.3, 0.4) is 0 Å². The summed E-state index contributed by atoms with van der Waals surface area (Å²) in [5.74, 6) is -1.30. The Bertz CT molecular complexity index is 609. The first kappa shape index (κ1) is 15.1. The van der Waals surface area contributed by atoms with Gasteiger partial charge in [-0.1, -0.05) is 6.07 Å². The van der Waals surface area contributed by atoms with E-state index in [1.165, 1.54) is 12.3 Å². The summed E-state index contributed by atoms with van der Waals surface area (Å²) in [6.45, 7) is 0. The van der Waals surface area contributed by atoms with Crippen molar-refractivity contribution in [3.63, 3.8) is 0 Å². The van der Waals surface area contributed by atoms with Crippen LogP contribution in [0.15, 0.2) is 39.6 Å². The maximum atomic E-state index is 13.6. The molecule has 1 atom stereocenters. The molecule has 1 aromatic heterocycles. The largest absolute Gasteiger partial charge is 0.457 e. The Morgan fingerprint density at radius 1 is 1.25 bits per heavy atom. The molecule has 0 saturated carbocycles. The molecular formula is C13H10BrF4NO. The summed E-state index contributed by atoms with van der Waals surface area (Å²) in [5, 5.41) is 2.91. The van der Waals surface area contributed by atoms with Crippen LogP contribution in [0.25, 0.3) is 0 Å². The summed E-state index contributed by atoms with van der Waals surface area (Å²) in [5.41, 5.74) is -0.228. The topological polar surface area (TPSA) is 25.2 Å². The number of hydrogen-bond acceptors (Lipinski definition) is 2. The van der Waals surface area contributed by atoms with Crippen molar-refractivity contribution in [2.45, 2.75) is 12.2 Å². The van der Waals surface area contributed by atoms with Crippen LogP contribution >= 0.6 is 15.9 Å². The molecule has 2 nitrogen and oxygen atoms in total. The number of halogens is 5. The van der Waals surface area contributed by atoms with Gasteiger partial charge in [-0.25, -0.2) is 4.39 Å². The van der Waals surface area contributed by atoms with Crippen molar-refractivity contribution in [3.8, 4) is 0 Å². The fraction of sp³-hybridized carbons (Fsp3) is 0.231. The average Bonchev–Trinajstić information content (AvgIpc) is 2.75. The maximum absolute atomic E-state index is 13.6. The lowest BCUT2D eigenvalue weighted by Crippen LogP contribution is -2.18. The second-order valence-corrected chi connectivity index (χ2v) is 4.83. The van der Waals surface area contributed by atoms with Gasteiger partial charge in [0.1, 0.15) is 5.82 Å². The van der Waals surface area contributed by atoms with Crippen LogP contribution in [0.4, 0.5) is 17.6 Å². The molecule has 1 unspecified atom stereocenters. The normalized spacial score (nSPS) is 13.5. The Balaban J connectivity index is 2.43. The summed E-state index contributed by atoms with van der Waals surface area (Å²) in [7, 11) is 1.62. The van der Waals surface area contributed by atoms with E-state index in [0.29, 0.717) is 15.8 Å². The summed E-state index contributed by atoms with van der Waals surface area (Å²) >= 11 is 3.19. The zero-order valence-electron chi connectivity index (χ0n) is 10.3. The molecule has 0 fully saturated rings. The first-order valence-corrected chi connectivity index (χ1v) is 6.40. The summed E-state index contributed by atoms with van der Waals surface area (Å²) in [4.78, 5) is 0. The lowest BCUT2D eigenvalue weighted by atomic mass is 9.99. The first-order valence-electron chi connectivity index (χ1n) is 5.61. The van der Waals surface area contributed by atoms with Crippen molar-refractivity contribution >= 4 is 15.9 Å². The molecule has 2 aromatic rings. The number of rotatable bonds is 3. The van der Waals surface area contributed by atoms with Crippen LogP contribution < -0.4 is 5.32 Å². The van der Waals surface area contributed by atoms with Gasteiger partial charge in [-0.05, 0) is 46.7 Å². The number of furan rings is 1.